The van der Waals surface area contributed by atoms with Gasteiger partial charge < -0.3 is 14.9 Å². The van der Waals surface area contributed by atoms with Crippen molar-refractivity contribution in [3.63, 3.8) is 0 Å². The molecular formula is C25H25BrClF2INO7PS. The minimum Gasteiger partial charge on any atom is -0.481 e. The number of carboxylic acid groups (broad SMARTS) is 1. The van der Waals surface area contributed by atoms with E-state index in [0.717, 1.165) is 9.65 Å². The number of rotatable bonds is 11. The highest BCUT2D eigenvalue weighted by atomic mass is 127. The quantitative estimate of drug-likeness (QED) is 0.178. The van der Waals surface area contributed by atoms with Gasteiger partial charge in [-0.3, -0.25) is 9.36 Å². The summed E-state index contributed by atoms with van der Waals surface area (Å²) in [6.07, 6.45) is 2.36. The summed E-state index contributed by atoms with van der Waals surface area (Å²) in [6.45, 7) is 1.32. The van der Waals surface area contributed by atoms with Gasteiger partial charge in [0.25, 0.3) is 0 Å². The molecule has 1 aliphatic rings. The van der Waals surface area contributed by atoms with Crippen LogP contribution in [-0.2, 0) is 32.3 Å². The highest BCUT2D eigenvalue weighted by Crippen LogP contribution is 2.59. The summed E-state index contributed by atoms with van der Waals surface area (Å²) < 4.78 is 69.8. The van der Waals surface area contributed by atoms with E-state index in [2.05, 4.69) is 15.9 Å². The number of sulfonamides is 1. The smallest absolute Gasteiger partial charge is 0.399 e. The monoisotopic (exact) mass is 793 g/mol. The third kappa shape index (κ3) is 7.60. The molecule has 0 saturated carbocycles. The number of nitrogens with zero attached hydrogens (tertiary/aromatic N) is 1. The summed E-state index contributed by atoms with van der Waals surface area (Å²) >= 11 is 11.4. The van der Waals surface area contributed by atoms with E-state index in [-0.39, 0.29) is 35.3 Å². The molecule has 0 amide bonds. The number of carbonyl (C=O) groups is 1. The normalized spacial score (nSPS) is 18.4. The van der Waals surface area contributed by atoms with Crippen LogP contribution in [0.2, 0.25) is 5.02 Å². The van der Waals surface area contributed by atoms with Gasteiger partial charge in [-0.05, 0) is 76.2 Å². The highest BCUT2D eigenvalue weighted by molar-refractivity contribution is 14.1. The van der Waals surface area contributed by atoms with Gasteiger partial charge in [0.15, 0.2) is 0 Å². The molecule has 2 aromatic carbocycles. The molecule has 3 rings (SSSR count). The third-order valence-corrected chi connectivity index (χ3v) is 12.0. The molecule has 0 bridgehead atoms. The van der Waals surface area contributed by atoms with Crippen molar-refractivity contribution >= 4 is 73.7 Å². The van der Waals surface area contributed by atoms with Gasteiger partial charge in [-0.2, -0.15) is 13.1 Å². The van der Waals surface area contributed by atoms with Crippen molar-refractivity contribution < 1.29 is 41.5 Å². The number of aryl methyl sites for hydroxylation is 1. The molecule has 8 nitrogen and oxygen atoms in total. The molecule has 0 radical (unpaired) electrons. The molecule has 0 aliphatic heterocycles. The second kappa shape index (κ2) is 13.0. The first-order valence-corrected chi connectivity index (χ1v) is 17.0. The Morgan fingerprint density at radius 2 is 1.77 bits per heavy atom. The molecule has 0 saturated heterocycles. The Morgan fingerprint density at radius 1 is 1.18 bits per heavy atom. The van der Waals surface area contributed by atoms with Gasteiger partial charge in [0.1, 0.15) is 0 Å². The van der Waals surface area contributed by atoms with Crippen molar-refractivity contribution in [3.8, 4) is 0 Å². The number of halogens is 5. The summed E-state index contributed by atoms with van der Waals surface area (Å²) in [5.41, 5.74) is -4.05. The molecule has 0 heterocycles. The van der Waals surface area contributed by atoms with Crippen molar-refractivity contribution in [1.29, 1.82) is 0 Å². The van der Waals surface area contributed by atoms with Crippen molar-refractivity contribution in [2.45, 2.75) is 36.9 Å². The Morgan fingerprint density at radius 3 is 2.33 bits per heavy atom. The number of hydrogen-bond donors (Lipinski definition) is 3. The average molecular weight is 795 g/mol. The second-order valence-corrected chi connectivity index (χ2v) is 15.3. The lowest BCUT2D eigenvalue weighted by Gasteiger charge is -2.33. The maximum atomic E-state index is 14.5. The predicted octanol–water partition coefficient (Wildman–Crippen LogP) is 6.39. The molecule has 2 unspecified atom stereocenters. The molecule has 0 spiro atoms. The van der Waals surface area contributed by atoms with Gasteiger partial charge in [0.2, 0.25) is 10.0 Å². The number of alkyl halides is 2. The van der Waals surface area contributed by atoms with Crippen LogP contribution in [0.15, 0.2) is 69.6 Å². The average Bonchev–Trinajstić information content (AvgIpc) is 2.86. The predicted molar refractivity (Wildman–Crippen MR) is 159 cm³/mol. The molecule has 218 valence electrons. The fourth-order valence-corrected chi connectivity index (χ4v) is 7.46. The van der Waals surface area contributed by atoms with Crippen LogP contribution in [0.25, 0.3) is 0 Å². The summed E-state index contributed by atoms with van der Waals surface area (Å²) in [5.74, 6) is -2.35. The number of aliphatic carboxylic acids is 1. The Labute approximate surface area is 257 Å². The van der Waals surface area contributed by atoms with E-state index in [4.69, 9.17) is 16.7 Å². The van der Waals surface area contributed by atoms with E-state index in [1.165, 1.54) is 34.6 Å². The number of allylic oxidation sites excluding steroid dienone is 3. The van der Waals surface area contributed by atoms with Crippen LogP contribution in [0.1, 0.15) is 24.5 Å². The van der Waals surface area contributed by atoms with Crippen molar-refractivity contribution in [2.75, 3.05) is 6.54 Å². The van der Waals surface area contributed by atoms with Crippen LogP contribution in [-0.4, -0.2) is 45.8 Å². The van der Waals surface area contributed by atoms with E-state index < -0.39 is 46.7 Å². The molecule has 1 aliphatic carbocycles. The van der Waals surface area contributed by atoms with Crippen LogP contribution >= 0.6 is 57.7 Å². The maximum absolute atomic E-state index is 14.5. The number of carboxylic acids is 1. The molecule has 3 N–H and O–H groups in total. The molecule has 0 fully saturated rings. The van der Waals surface area contributed by atoms with Crippen molar-refractivity contribution in [1.82, 2.24) is 4.31 Å². The van der Waals surface area contributed by atoms with Crippen LogP contribution in [0, 0.1) is 15.4 Å². The first-order chi connectivity index (χ1) is 18.4. The molecular weight excluding hydrogens is 770 g/mol. The van der Waals surface area contributed by atoms with Gasteiger partial charge in [-0.25, -0.2) is 8.42 Å². The zero-order valence-electron chi connectivity index (χ0n) is 20.8. The van der Waals surface area contributed by atoms with E-state index in [0.29, 0.717) is 16.1 Å². The van der Waals surface area contributed by atoms with E-state index in [1.54, 1.807) is 25.1 Å². The lowest BCUT2D eigenvalue weighted by atomic mass is 9.87. The largest absolute Gasteiger partial charge is 0.481 e. The number of benzene rings is 2. The molecule has 2 aromatic rings. The van der Waals surface area contributed by atoms with E-state index in [9.17, 15) is 36.3 Å². The maximum Gasteiger partial charge on any atom is 0.399 e. The molecule has 15 heteroatoms. The zero-order chi connectivity index (χ0) is 30.0. The minimum atomic E-state index is -5.81. The van der Waals surface area contributed by atoms with Crippen LogP contribution in [0.5, 0.6) is 0 Å². The Balaban J connectivity index is 1.96. The van der Waals surface area contributed by atoms with Gasteiger partial charge in [0, 0.05) is 33.1 Å². The Kier molecular flexibility index (Phi) is 10.8. The third-order valence-electron chi connectivity index (χ3n) is 6.45. The molecule has 2 atom stereocenters. The topological polar surface area (TPSA) is 132 Å². The van der Waals surface area contributed by atoms with Crippen LogP contribution in [0.3, 0.4) is 0 Å². The lowest BCUT2D eigenvalue weighted by molar-refractivity contribution is -0.136. The minimum absolute atomic E-state index is 0.0426. The Bertz CT molecular complexity index is 1500. The fraction of sp³-hybridized carbons (Fsp3) is 0.320. The highest BCUT2D eigenvalue weighted by Gasteiger charge is 2.53. The van der Waals surface area contributed by atoms with Gasteiger partial charge in [0.05, 0.1) is 9.92 Å². The van der Waals surface area contributed by atoms with Crippen molar-refractivity contribution in [2.24, 2.45) is 11.8 Å². The van der Waals surface area contributed by atoms with Crippen molar-refractivity contribution in [3.05, 3.63) is 84.4 Å². The lowest BCUT2D eigenvalue weighted by Crippen LogP contribution is -2.37. The molecule has 0 aromatic heterocycles. The van der Waals surface area contributed by atoms with Crippen LogP contribution < -0.4 is 0 Å². The first kappa shape index (κ1) is 33.3. The fourth-order valence-electron chi connectivity index (χ4n) is 4.07. The van der Waals surface area contributed by atoms with Gasteiger partial charge in [-0.15, -0.1) is 0 Å². The Hall–Kier alpha value is -1.19. The van der Waals surface area contributed by atoms with Gasteiger partial charge in [-0.1, -0.05) is 64.8 Å². The van der Waals surface area contributed by atoms with E-state index in [1.807, 2.05) is 22.6 Å². The summed E-state index contributed by atoms with van der Waals surface area (Å²) in [4.78, 5) is 29.2. The SMILES string of the molecule is CC1C(Br)=C(C(F)(F)P(=O)(O)O)C=CC1CN(Cc1ccc(I)c(Cl)c1)S(=O)(=O)c1ccc(CCC(=O)O)cc1. The standard InChI is InChI=1S/C25H25BrClF2INO7PS/c1-15-18(6-9-20(24(15)26)25(28,29)39(34,35)36)14-31(13-17-4-10-22(30)21(27)12-17)40(37,38)19-7-2-16(3-8-19)5-11-23(32)33/h2-4,6-10,12,15,18H,5,11,13-14H2,1H3,(H,32,33)(H2,34,35,36). The summed E-state index contributed by atoms with van der Waals surface area (Å²) in [7, 11) is -9.95. The van der Waals surface area contributed by atoms with Gasteiger partial charge >= 0.3 is 19.2 Å². The summed E-state index contributed by atoms with van der Waals surface area (Å²) in [5, 5.41) is 9.33. The molecule has 40 heavy (non-hydrogen) atoms. The van der Waals surface area contributed by atoms with E-state index >= 15 is 0 Å². The second-order valence-electron chi connectivity index (χ2n) is 9.24. The first-order valence-electron chi connectivity index (χ1n) is 11.7. The van der Waals surface area contributed by atoms with Crippen LogP contribution in [0.4, 0.5) is 8.78 Å². The number of hydrogen-bond acceptors (Lipinski definition) is 4. The zero-order valence-corrected chi connectivity index (χ0v) is 27.1. The summed E-state index contributed by atoms with van der Waals surface area (Å²) in [6, 6.07) is 10.9.